The molecule has 162 valence electrons. The van der Waals surface area contributed by atoms with E-state index in [2.05, 4.69) is 10.6 Å². The molecular weight excluding hydrogens is 429 g/mol. The van der Waals surface area contributed by atoms with Crippen LogP contribution in [0, 0.1) is 5.82 Å². The number of rotatable bonds is 7. The van der Waals surface area contributed by atoms with Crippen LogP contribution in [-0.4, -0.2) is 11.9 Å². The standard InChI is InChI=1S/C24H20FN3O3S/c25-19-7-4-8-20-21(19)18(14-31-17-5-2-1-3-6-17)22(32-20)23(29)27-13-15-9-11-16(12-10-15)28-24(26)30/h1-12H,13-14H2,(H,27,29)(H3,26,28,30). The van der Waals surface area contributed by atoms with Crippen molar-refractivity contribution in [3.8, 4) is 5.75 Å². The number of hydrogen-bond donors (Lipinski definition) is 3. The molecule has 1 aromatic heterocycles. The summed E-state index contributed by atoms with van der Waals surface area (Å²) in [5.41, 5.74) is 7.02. The maximum absolute atomic E-state index is 14.6. The van der Waals surface area contributed by atoms with Crippen molar-refractivity contribution in [3.63, 3.8) is 0 Å². The molecule has 0 fully saturated rings. The van der Waals surface area contributed by atoms with E-state index in [0.29, 0.717) is 32.0 Å². The van der Waals surface area contributed by atoms with Crippen molar-refractivity contribution >= 4 is 39.0 Å². The Morgan fingerprint density at radius 2 is 1.72 bits per heavy atom. The fourth-order valence-electron chi connectivity index (χ4n) is 3.27. The van der Waals surface area contributed by atoms with E-state index in [1.807, 2.05) is 18.2 Å². The van der Waals surface area contributed by atoms with Gasteiger partial charge in [-0.15, -0.1) is 11.3 Å². The number of ether oxygens (including phenoxy) is 1. The number of para-hydroxylation sites is 1. The van der Waals surface area contributed by atoms with Crippen molar-refractivity contribution in [1.29, 1.82) is 0 Å². The van der Waals surface area contributed by atoms with E-state index in [1.54, 1.807) is 48.5 Å². The fraction of sp³-hybridized carbons (Fsp3) is 0.0833. The van der Waals surface area contributed by atoms with Crippen LogP contribution in [0.3, 0.4) is 0 Å². The Morgan fingerprint density at radius 3 is 2.44 bits per heavy atom. The molecule has 0 aliphatic rings. The summed E-state index contributed by atoms with van der Waals surface area (Å²) in [5, 5.41) is 5.76. The third-order valence-corrected chi connectivity index (χ3v) is 5.97. The van der Waals surface area contributed by atoms with E-state index in [1.165, 1.54) is 17.4 Å². The molecule has 1 heterocycles. The third-order valence-electron chi connectivity index (χ3n) is 4.77. The van der Waals surface area contributed by atoms with Crippen LogP contribution in [0.15, 0.2) is 72.8 Å². The number of nitrogens with two attached hydrogens (primary N) is 1. The van der Waals surface area contributed by atoms with Crippen LogP contribution < -0.4 is 21.1 Å². The summed E-state index contributed by atoms with van der Waals surface area (Å²) in [5.74, 6) is -0.0576. The lowest BCUT2D eigenvalue weighted by molar-refractivity contribution is 0.0953. The maximum Gasteiger partial charge on any atom is 0.316 e. The summed E-state index contributed by atoms with van der Waals surface area (Å²) in [6.45, 7) is 0.340. The molecule has 32 heavy (non-hydrogen) atoms. The van der Waals surface area contributed by atoms with Gasteiger partial charge in [0.2, 0.25) is 0 Å². The van der Waals surface area contributed by atoms with Gasteiger partial charge in [0, 0.05) is 27.9 Å². The van der Waals surface area contributed by atoms with E-state index >= 15 is 0 Å². The SMILES string of the molecule is NC(=O)Nc1ccc(CNC(=O)c2sc3cccc(F)c3c2COc2ccccc2)cc1. The molecule has 0 radical (unpaired) electrons. The molecule has 6 nitrogen and oxygen atoms in total. The number of urea groups is 1. The molecule has 4 rings (SSSR count). The van der Waals surface area contributed by atoms with Crippen LogP contribution in [-0.2, 0) is 13.2 Å². The number of carbonyl (C=O) groups is 2. The first-order valence-electron chi connectivity index (χ1n) is 9.82. The zero-order valence-corrected chi connectivity index (χ0v) is 17.7. The summed E-state index contributed by atoms with van der Waals surface area (Å²) < 4.78 is 21.1. The Bertz CT molecular complexity index is 1260. The first-order chi connectivity index (χ1) is 15.5. The molecule has 8 heteroatoms. The number of primary amides is 1. The molecule has 0 aliphatic heterocycles. The van der Waals surface area contributed by atoms with E-state index in [0.717, 1.165) is 5.56 Å². The van der Waals surface area contributed by atoms with Crippen LogP contribution in [0.1, 0.15) is 20.8 Å². The normalized spacial score (nSPS) is 10.7. The van der Waals surface area contributed by atoms with Gasteiger partial charge >= 0.3 is 6.03 Å². The average molecular weight is 450 g/mol. The van der Waals surface area contributed by atoms with Crippen LogP contribution in [0.2, 0.25) is 0 Å². The monoisotopic (exact) mass is 449 g/mol. The molecular formula is C24H20FN3O3S. The maximum atomic E-state index is 14.6. The predicted molar refractivity (Wildman–Crippen MR) is 123 cm³/mol. The Kier molecular flexibility index (Phi) is 6.32. The number of thiophene rings is 1. The van der Waals surface area contributed by atoms with Gasteiger partial charge in [-0.05, 0) is 42.0 Å². The summed E-state index contributed by atoms with van der Waals surface area (Å²) in [6, 6.07) is 20.3. The topological polar surface area (TPSA) is 93.5 Å². The number of carbonyl (C=O) groups excluding carboxylic acids is 2. The molecule has 0 saturated carbocycles. The first-order valence-corrected chi connectivity index (χ1v) is 10.6. The smallest absolute Gasteiger partial charge is 0.316 e. The Morgan fingerprint density at radius 1 is 0.969 bits per heavy atom. The molecule has 0 bridgehead atoms. The van der Waals surface area contributed by atoms with Gasteiger partial charge in [-0.1, -0.05) is 36.4 Å². The van der Waals surface area contributed by atoms with Crippen molar-refractivity contribution in [2.45, 2.75) is 13.2 Å². The lowest BCUT2D eigenvalue weighted by Gasteiger charge is -2.09. The lowest BCUT2D eigenvalue weighted by Crippen LogP contribution is -2.23. The highest BCUT2D eigenvalue weighted by Gasteiger charge is 2.21. The zero-order chi connectivity index (χ0) is 22.5. The van der Waals surface area contributed by atoms with Crippen LogP contribution >= 0.6 is 11.3 Å². The second-order valence-electron chi connectivity index (χ2n) is 6.99. The van der Waals surface area contributed by atoms with Crippen LogP contribution in [0.4, 0.5) is 14.9 Å². The fourth-order valence-corrected chi connectivity index (χ4v) is 4.41. The minimum atomic E-state index is -0.645. The first kappa shape index (κ1) is 21.3. The zero-order valence-electron chi connectivity index (χ0n) is 16.9. The van der Waals surface area contributed by atoms with Gasteiger partial charge in [-0.25, -0.2) is 9.18 Å². The number of anilines is 1. The van der Waals surface area contributed by atoms with Gasteiger partial charge in [0.15, 0.2) is 0 Å². The van der Waals surface area contributed by atoms with Gasteiger partial charge in [0.05, 0.1) is 4.88 Å². The Labute approximate surface area is 187 Å². The minimum absolute atomic E-state index is 0.0706. The molecule has 0 saturated heterocycles. The van der Waals surface area contributed by atoms with Crippen molar-refractivity contribution in [2.75, 3.05) is 5.32 Å². The molecule has 4 aromatic rings. The largest absolute Gasteiger partial charge is 0.489 e. The number of benzene rings is 3. The number of fused-ring (bicyclic) bond motifs is 1. The van der Waals surface area contributed by atoms with Crippen molar-refractivity contribution in [1.82, 2.24) is 5.32 Å². The Hall–Kier alpha value is -3.91. The highest BCUT2D eigenvalue weighted by molar-refractivity contribution is 7.21. The van der Waals surface area contributed by atoms with E-state index in [4.69, 9.17) is 10.5 Å². The Balaban J connectivity index is 1.54. The van der Waals surface area contributed by atoms with Gasteiger partial charge in [0.25, 0.3) is 5.91 Å². The van der Waals surface area contributed by atoms with Gasteiger partial charge in [-0.3, -0.25) is 4.79 Å². The second kappa shape index (κ2) is 9.49. The summed E-state index contributed by atoms with van der Waals surface area (Å²) >= 11 is 1.23. The minimum Gasteiger partial charge on any atom is -0.489 e. The van der Waals surface area contributed by atoms with Gasteiger partial charge < -0.3 is 21.1 Å². The summed E-state index contributed by atoms with van der Waals surface area (Å²) in [7, 11) is 0. The highest BCUT2D eigenvalue weighted by atomic mass is 32.1. The third kappa shape index (κ3) is 4.87. The summed E-state index contributed by atoms with van der Waals surface area (Å²) in [6.07, 6.45) is 0. The van der Waals surface area contributed by atoms with Gasteiger partial charge in [0.1, 0.15) is 18.2 Å². The quantitative estimate of drug-likeness (QED) is 0.369. The van der Waals surface area contributed by atoms with E-state index in [9.17, 15) is 14.0 Å². The molecule has 3 aromatic carbocycles. The molecule has 4 N–H and O–H groups in total. The number of hydrogen-bond acceptors (Lipinski definition) is 4. The average Bonchev–Trinajstić information content (AvgIpc) is 3.17. The molecule has 0 unspecified atom stereocenters. The highest BCUT2D eigenvalue weighted by Crippen LogP contribution is 2.34. The number of amides is 3. The van der Waals surface area contributed by atoms with E-state index < -0.39 is 6.03 Å². The van der Waals surface area contributed by atoms with Crippen LogP contribution in [0.5, 0.6) is 5.75 Å². The number of halogens is 1. The second-order valence-corrected chi connectivity index (χ2v) is 8.05. The number of nitrogens with one attached hydrogen (secondary N) is 2. The molecule has 3 amide bonds. The molecule has 0 aliphatic carbocycles. The van der Waals surface area contributed by atoms with E-state index in [-0.39, 0.29) is 24.9 Å². The molecule has 0 spiro atoms. The van der Waals surface area contributed by atoms with Crippen LogP contribution in [0.25, 0.3) is 10.1 Å². The summed E-state index contributed by atoms with van der Waals surface area (Å²) in [4.78, 5) is 24.3. The lowest BCUT2D eigenvalue weighted by atomic mass is 10.1. The molecule has 0 atom stereocenters. The predicted octanol–water partition coefficient (Wildman–Crippen LogP) is 5.04. The van der Waals surface area contributed by atoms with Crippen molar-refractivity contribution < 1.29 is 18.7 Å². The van der Waals surface area contributed by atoms with Crippen molar-refractivity contribution in [3.05, 3.63) is 94.6 Å². The van der Waals surface area contributed by atoms with Gasteiger partial charge in [-0.2, -0.15) is 0 Å². The van der Waals surface area contributed by atoms with Crippen molar-refractivity contribution in [2.24, 2.45) is 5.73 Å².